The molecule has 0 fully saturated rings. The summed E-state index contributed by atoms with van der Waals surface area (Å²) in [4.78, 5) is 21.2. The highest BCUT2D eigenvalue weighted by Gasteiger charge is 2.14. The fraction of sp³-hybridized carbons (Fsp3) is 0.667. The molecule has 5 nitrogen and oxygen atoms in total. The molecule has 5 heteroatoms. The van der Waals surface area contributed by atoms with Gasteiger partial charge in [-0.15, -0.1) is 0 Å². The molecule has 0 aliphatic rings. The van der Waals surface area contributed by atoms with Crippen LogP contribution in [0.25, 0.3) is 0 Å². The second-order valence-corrected chi connectivity index (χ2v) is 2.42. The lowest BCUT2D eigenvalue weighted by atomic mass is 10.3. The number of nitrogens with two attached hydrogens (primary N) is 2. The van der Waals surface area contributed by atoms with Gasteiger partial charge in [0.25, 0.3) is 0 Å². The fourth-order valence-corrected chi connectivity index (χ4v) is 0.416. The predicted octanol–water partition coefficient (Wildman–Crippen LogP) is -1.68. The third-order valence-electron chi connectivity index (χ3n) is 1.20. The van der Waals surface area contributed by atoms with E-state index in [0.29, 0.717) is 0 Å². The maximum absolute atomic E-state index is 10.8. The number of nitrogens with one attached hydrogen (secondary N) is 1. The molecule has 0 aromatic carbocycles. The van der Waals surface area contributed by atoms with Crippen molar-refractivity contribution in [1.82, 2.24) is 5.32 Å². The van der Waals surface area contributed by atoms with Crippen LogP contribution in [0.1, 0.15) is 13.8 Å². The Labute approximate surface area is 65.1 Å². The summed E-state index contributed by atoms with van der Waals surface area (Å²) in [6.07, 6.45) is 0. The van der Waals surface area contributed by atoms with Gasteiger partial charge in [-0.1, -0.05) is 0 Å². The minimum atomic E-state index is -0.659. The molecule has 0 aromatic heterocycles. The Morgan fingerprint density at radius 3 is 2.09 bits per heavy atom. The Morgan fingerprint density at radius 1 is 1.36 bits per heavy atom. The summed E-state index contributed by atoms with van der Waals surface area (Å²) in [6.45, 7) is 3.03. The standard InChI is InChI=1S/C6H13N3O2/c1-3(7)6(11)9-4(2)5(8)10/h3-4H,7H2,1-2H3,(H2,8,10)(H,9,11)/t3-,4+/m1/s1. The third kappa shape index (κ3) is 3.57. The molecule has 0 radical (unpaired) electrons. The average Bonchev–Trinajstić information content (AvgIpc) is 1.87. The zero-order valence-corrected chi connectivity index (χ0v) is 6.63. The van der Waals surface area contributed by atoms with Gasteiger partial charge in [0, 0.05) is 0 Å². The molecule has 0 rings (SSSR count). The van der Waals surface area contributed by atoms with Crippen molar-refractivity contribution in [2.24, 2.45) is 11.5 Å². The Hall–Kier alpha value is -1.10. The van der Waals surface area contributed by atoms with E-state index in [4.69, 9.17) is 11.5 Å². The van der Waals surface area contributed by atoms with E-state index in [1.165, 1.54) is 13.8 Å². The predicted molar refractivity (Wildman–Crippen MR) is 40.4 cm³/mol. The number of primary amides is 1. The van der Waals surface area contributed by atoms with Crippen LogP contribution in [0.15, 0.2) is 0 Å². The molecule has 0 spiro atoms. The van der Waals surface area contributed by atoms with Crippen molar-refractivity contribution in [2.75, 3.05) is 0 Å². The van der Waals surface area contributed by atoms with Gasteiger partial charge in [-0.05, 0) is 13.8 Å². The summed E-state index contributed by atoms with van der Waals surface area (Å²) in [7, 11) is 0. The molecule has 0 bridgehead atoms. The summed E-state index contributed by atoms with van der Waals surface area (Å²) < 4.78 is 0. The largest absolute Gasteiger partial charge is 0.368 e. The van der Waals surface area contributed by atoms with E-state index >= 15 is 0 Å². The van der Waals surface area contributed by atoms with Gasteiger partial charge in [0.2, 0.25) is 11.8 Å². The zero-order valence-electron chi connectivity index (χ0n) is 6.63. The van der Waals surface area contributed by atoms with Crippen molar-refractivity contribution in [1.29, 1.82) is 0 Å². The SMILES string of the molecule is C[C@H](NC(=O)[C@@H](C)N)C(N)=O. The number of hydrogen-bond acceptors (Lipinski definition) is 3. The topological polar surface area (TPSA) is 98.2 Å². The van der Waals surface area contributed by atoms with E-state index in [-0.39, 0.29) is 5.91 Å². The van der Waals surface area contributed by atoms with E-state index in [0.717, 1.165) is 0 Å². The van der Waals surface area contributed by atoms with Crippen molar-refractivity contribution < 1.29 is 9.59 Å². The fourth-order valence-electron chi connectivity index (χ4n) is 0.416. The number of amides is 2. The molecule has 0 aliphatic heterocycles. The number of rotatable bonds is 3. The van der Waals surface area contributed by atoms with E-state index < -0.39 is 18.0 Å². The minimum Gasteiger partial charge on any atom is -0.368 e. The van der Waals surface area contributed by atoms with Gasteiger partial charge in [-0.25, -0.2) is 0 Å². The molecular weight excluding hydrogens is 146 g/mol. The second-order valence-electron chi connectivity index (χ2n) is 2.42. The van der Waals surface area contributed by atoms with Crippen LogP contribution in [0.2, 0.25) is 0 Å². The Kier molecular flexibility index (Phi) is 3.53. The molecule has 0 unspecified atom stereocenters. The molecule has 64 valence electrons. The minimum absolute atomic E-state index is 0.378. The monoisotopic (exact) mass is 159 g/mol. The Balaban J connectivity index is 3.85. The summed E-state index contributed by atoms with van der Waals surface area (Å²) >= 11 is 0. The third-order valence-corrected chi connectivity index (χ3v) is 1.20. The molecule has 0 aromatic rings. The van der Waals surface area contributed by atoms with E-state index in [2.05, 4.69) is 5.32 Å². The van der Waals surface area contributed by atoms with Crippen LogP contribution in [0, 0.1) is 0 Å². The summed E-state index contributed by atoms with van der Waals surface area (Å²) in [6, 6.07) is -1.27. The van der Waals surface area contributed by atoms with Gasteiger partial charge in [-0.3, -0.25) is 9.59 Å². The van der Waals surface area contributed by atoms with Crippen LogP contribution in [0.5, 0.6) is 0 Å². The van der Waals surface area contributed by atoms with Crippen LogP contribution in [0.3, 0.4) is 0 Å². The van der Waals surface area contributed by atoms with Crippen molar-refractivity contribution in [3.8, 4) is 0 Å². The highest BCUT2D eigenvalue weighted by Crippen LogP contribution is 1.81. The van der Waals surface area contributed by atoms with Gasteiger partial charge in [0.15, 0.2) is 0 Å². The molecule has 2 amide bonds. The lowest BCUT2D eigenvalue weighted by Gasteiger charge is -2.11. The summed E-state index contributed by atoms with van der Waals surface area (Å²) in [5.41, 5.74) is 10.1. The van der Waals surface area contributed by atoms with Crippen LogP contribution in [0.4, 0.5) is 0 Å². The van der Waals surface area contributed by atoms with Crippen LogP contribution in [-0.4, -0.2) is 23.9 Å². The van der Waals surface area contributed by atoms with Gasteiger partial charge in [-0.2, -0.15) is 0 Å². The van der Waals surface area contributed by atoms with Gasteiger partial charge in [0.1, 0.15) is 6.04 Å². The van der Waals surface area contributed by atoms with E-state index in [1.54, 1.807) is 0 Å². The van der Waals surface area contributed by atoms with Gasteiger partial charge in [0.05, 0.1) is 6.04 Å². The summed E-state index contributed by atoms with van der Waals surface area (Å²) in [5, 5.41) is 2.34. The zero-order chi connectivity index (χ0) is 9.02. The van der Waals surface area contributed by atoms with Crippen LogP contribution >= 0.6 is 0 Å². The number of hydrogen-bond donors (Lipinski definition) is 3. The molecule has 0 saturated carbocycles. The highest BCUT2D eigenvalue weighted by molar-refractivity contribution is 5.88. The maximum Gasteiger partial charge on any atom is 0.239 e. The quantitative estimate of drug-likeness (QED) is 0.459. The lowest BCUT2D eigenvalue weighted by Crippen LogP contribution is -2.47. The Morgan fingerprint density at radius 2 is 1.82 bits per heavy atom. The second kappa shape index (κ2) is 3.92. The first-order valence-corrected chi connectivity index (χ1v) is 3.30. The Bertz CT molecular complexity index is 167. The maximum atomic E-state index is 10.8. The van der Waals surface area contributed by atoms with Crippen molar-refractivity contribution in [3.63, 3.8) is 0 Å². The first-order chi connectivity index (χ1) is 4.95. The smallest absolute Gasteiger partial charge is 0.239 e. The van der Waals surface area contributed by atoms with E-state index in [1.807, 2.05) is 0 Å². The molecular formula is C6H13N3O2. The first kappa shape index (κ1) is 9.90. The average molecular weight is 159 g/mol. The number of carbonyl (C=O) groups excluding carboxylic acids is 2. The van der Waals surface area contributed by atoms with Gasteiger partial charge >= 0.3 is 0 Å². The van der Waals surface area contributed by atoms with Crippen molar-refractivity contribution in [3.05, 3.63) is 0 Å². The summed E-state index contributed by atoms with van der Waals surface area (Å²) in [5.74, 6) is -0.949. The van der Waals surface area contributed by atoms with Gasteiger partial charge < -0.3 is 16.8 Å². The molecule has 11 heavy (non-hydrogen) atoms. The molecule has 2 atom stereocenters. The van der Waals surface area contributed by atoms with Crippen LogP contribution < -0.4 is 16.8 Å². The normalized spacial score (nSPS) is 15.2. The molecule has 0 saturated heterocycles. The van der Waals surface area contributed by atoms with Crippen molar-refractivity contribution in [2.45, 2.75) is 25.9 Å². The van der Waals surface area contributed by atoms with Crippen LogP contribution in [-0.2, 0) is 9.59 Å². The molecule has 0 heterocycles. The number of carbonyl (C=O) groups is 2. The van der Waals surface area contributed by atoms with E-state index in [9.17, 15) is 9.59 Å². The molecule has 0 aliphatic carbocycles. The highest BCUT2D eigenvalue weighted by atomic mass is 16.2. The molecule has 5 N–H and O–H groups in total. The lowest BCUT2D eigenvalue weighted by molar-refractivity contribution is -0.127. The van der Waals surface area contributed by atoms with Crippen molar-refractivity contribution >= 4 is 11.8 Å². The first-order valence-electron chi connectivity index (χ1n) is 3.30.